The Hall–Kier alpha value is -1.76. The first-order valence-electron chi connectivity index (χ1n) is 6.07. The third-order valence-electron chi connectivity index (χ3n) is 2.46. The van der Waals surface area contributed by atoms with Crippen LogP contribution in [0.15, 0.2) is 24.3 Å². The summed E-state index contributed by atoms with van der Waals surface area (Å²) in [5.41, 5.74) is 5.51. The number of rotatable bonds is 7. The van der Waals surface area contributed by atoms with Gasteiger partial charge in [-0.3, -0.25) is 4.79 Å². The summed E-state index contributed by atoms with van der Waals surface area (Å²) in [6, 6.07) is 5.86. The number of thiocarbonyl (C=S) groups is 1. The molecule has 2 N–H and O–H groups in total. The molecular formula is C13H16F2N2O2S. The zero-order chi connectivity index (χ0) is 15.1. The molecule has 110 valence electrons. The highest BCUT2D eigenvalue weighted by Gasteiger charge is 2.20. The Morgan fingerprint density at radius 2 is 2.10 bits per heavy atom. The first kappa shape index (κ1) is 16.3. The van der Waals surface area contributed by atoms with Crippen LogP contribution in [0, 0.1) is 0 Å². The number of carbonyl (C=O) groups is 1. The minimum Gasteiger partial charge on any atom is -0.434 e. The Bertz CT molecular complexity index is 483. The lowest BCUT2D eigenvalue weighted by atomic mass is 10.1. The maximum Gasteiger partial charge on any atom is 0.387 e. The summed E-state index contributed by atoms with van der Waals surface area (Å²) >= 11 is 4.79. The van der Waals surface area contributed by atoms with Gasteiger partial charge in [-0.2, -0.15) is 8.78 Å². The van der Waals surface area contributed by atoms with E-state index >= 15 is 0 Å². The first-order valence-corrected chi connectivity index (χ1v) is 6.48. The fourth-order valence-electron chi connectivity index (χ4n) is 1.72. The topological polar surface area (TPSA) is 55.6 Å². The van der Waals surface area contributed by atoms with E-state index in [1.165, 1.54) is 23.1 Å². The average molecular weight is 302 g/mol. The lowest BCUT2D eigenvalue weighted by Crippen LogP contribution is -2.38. The summed E-state index contributed by atoms with van der Waals surface area (Å²) in [5, 5.41) is 0. The molecule has 0 saturated heterocycles. The Morgan fingerprint density at radius 3 is 2.65 bits per heavy atom. The standard InChI is InChI=1S/C13H16F2N2O2S/c1-2-7-17(8-11(16)20)12(18)9-5-3-4-6-10(9)19-13(14)15/h3-6,13H,2,7-8H2,1H3,(H2,16,20). The van der Waals surface area contributed by atoms with Crippen molar-refractivity contribution in [1.82, 2.24) is 4.90 Å². The van der Waals surface area contributed by atoms with Crippen molar-refractivity contribution in [3.8, 4) is 5.75 Å². The summed E-state index contributed by atoms with van der Waals surface area (Å²) < 4.78 is 29.0. The predicted molar refractivity (Wildman–Crippen MR) is 76.1 cm³/mol. The van der Waals surface area contributed by atoms with Gasteiger partial charge < -0.3 is 15.4 Å². The van der Waals surface area contributed by atoms with Crippen LogP contribution in [0.3, 0.4) is 0 Å². The second kappa shape index (κ2) is 7.74. The molecule has 0 aliphatic heterocycles. The molecule has 0 aliphatic carbocycles. The van der Waals surface area contributed by atoms with Crippen molar-refractivity contribution >= 4 is 23.1 Å². The lowest BCUT2D eigenvalue weighted by Gasteiger charge is -2.22. The molecule has 1 amide bonds. The van der Waals surface area contributed by atoms with Gasteiger partial charge in [0.25, 0.3) is 5.91 Å². The number of ether oxygens (including phenoxy) is 1. The van der Waals surface area contributed by atoms with Crippen LogP contribution in [0.25, 0.3) is 0 Å². The molecule has 0 unspecified atom stereocenters. The van der Waals surface area contributed by atoms with Crippen molar-refractivity contribution in [3.05, 3.63) is 29.8 Å². The van der Waals surface area contributed by atoms with Gasteiger partial charge in [0.1, 0.15) is 5.75 Å². The third-order valence-corrected chi connectivity index (χ3v) is 2.59. The predicted octanol–water partition coefficient (Wildman–Crippen LogP) is 2.43. The Balaban J connectivity index is 3.01. The van der Waals surface area contributed by atoms with Crippen molar-refractivity contribution in [2.24, 2.45) is 5.73 Å². The normalized spacial score (nSPS) is 10.4. The van der Waals surface area contributed by atoms with Gasteiger partial charge in [-0.15, -0.1) is 0 Å². The SMILES string of the molecule is CCCN(CC(N)=S)C(=O)c1ccccc1OC(F)F. The van der Waals surface area contributed by atoms with Gasteiger partial charge in [-0.05, 0) is 18.6 Å². The number of halogens is 2. The van der Waals surface area contributed by atoms with E-state index in [9.17, 15) is 13.6 Å². The number of nitrogens with two attached hydrogens (primary N) is 1. The molecule has 1 rings (SSSR count). The van der Waals surface area contributed by atoms with Crippen LogP contribution in [-0.2, 0) is 0 Å². The summed E-state index contributed by atoms with van der Waals surface area (Å²) in [4.78, 5) is 13.9. The fourth-order valence-corrected chi connectivity index (χ4v) is 1.88. The molecule has 0 bridgehead atoms. The molecule has 0 spiro atoms. The molecule has 0 saturated carbocycles. The number of benzene rings is 1. The van der Waals surface area contributed by atoms with Crippen molar-refractivity contribution in [2.45, 2.75) is 20.0 Å². The van der Waals surface area contributed by atoms with Gasteiger partial charge >= 0.3 is 6.61 Å². The number of para-hydroxylation sites is 1. The van der Waals surface area contributed by atoms with Crippen molar-refractivity contribution in [1.29, 1.82) is 0 Å². The Kier molecular flexibility index (Phi) is 6.30. The molecule has 0 radical (unpaired) electrons. The summed E-state index contributed by atoms with van der Waals surface area (Å²) in [6.45, 7) is -0.565. The number of carbonyl (C=O) groups excluding carboxylic acids is 1. The first-order chi connectivity index (χ1) is 9.45. The summed E-state index contributed by atoms with van der Waals surface area (Å²) in [6.07, 6.45) is 0.701. The molecule has 1 aromatic rings. The molecule has 0 fully saturated rings. The van der Waals surface area contributed by atoms with Crippen LogP contribution in [0.5, 0.6) is 5.75 Å². The lowest BCUT2D eigenvalue weighted by molar-refractivity contribution is -0.0502. The van der Waals surface area contributed by atoms with E-state index in [2.05, 4.69) is 4.74 Å². The van der Waals surface area contributed by atoms with Crippen LogP contribution in [0.1, 0.15) is 23.7 Å². The quantitative estimate of drug-likeness (QED) is 0.786. The van der Waals surface area contributed by atoms with Crippen molar-refractivity contribution in [2.75, 3.05) is 13.1 Å². The van der Waals surface area contributed by atoms with Crippen LogP contribution >= 0.6 is 12.2 Å². The van der Waals surface area contributed by atoms with Gasteiger partial charge in [0.2, 0.25) is 0 Å². The van der Waals surface area contributed by atoms with Gasteiger partial charge in [0, 0.05) is 6.54 Å². The molecule has 1 aromatic carbocycles. The van der Waals surface area contributed by atoms with Crippen LogP contribution < -0.4 is 10.5 Å². The van der Waals surface area contributed by atoms with Crippen LogP contribution in [0.2, 0.25) is 0 Å². The van der Waals surface area contributed by atoms with Gasteiger partial charge in [0.05, 0.1) is 17.1 Å². The molecule has 0 atom stereocenters. The molecule has 0 aromatic heterocycles. The van der Waals surface area contributed by atoms with Gasteiger partial charge in [-0.1, -0.05) is 31.3 Å². The monoisotopic (exact) mass is 302 g/mol. The second-order valence-corrected chi connectivity index (χ2v) is 4.59. The zero-order valence-corrected chi connectivity index (χ0v) is 11.8. The number of nitrogens with zero attached hydrogens (tertiary/aromatic N) is 1. The number of amides is 1. The molecule has 7 heteroatoms. The molecule has 4 nitrogen and oxygen atoms in total. The van der Waals surface area contributed by atoms with E-state index < -0.39 is 12.5 Å². The van der Waals surface area contributed by atoms with E-state index in [1.54, 1.807) is 6.07 Å². The van der Waals surface area contributed by atoms with Gasteiger partial charge in [0.15, 0.2) is 0 Å². The smallest absolute Gasteiger partial charge is 0.387 e. The van der Waals surface area contributed by atoms with Crippen molar-refractivity contribution in [3.63, 3.8) is 0 Å². The average Bonchev–Trinajstić information content (AvgIpc) is 2.37. The fraction of sp³-hybridized carbons (Fsp3) is 0.385. The number of hydrogen-bond acceptors (Lipinski definition) is 3. The van der Waals surface area contributed by atoms with Crippen LogP contribution in [0.4, 0.5) is 8.78 Å². The minimum atomic E-state index is -2.99. The Morgan fingerprint density at radius 1 is 1.45 bits per heavy atom. The van der Waals surface area contributed by atoms with E-state index in [0.717, 1.165) is 0 Å². The van der Waals surface area contributed by atoms with Gasteiger partial charge in [-0.25, -0.2) is 0 Å². The number of alkyl halides is 2. The van der Waals surface area contributed by atoms with E-state index in [-0.39, 0.29) is 22.8 Å². The maximum absolute atomic E-state index is 12.4. The Labute approximate surface area is 121 Å². The zero-order valence-electron chi connectivity index (χ0n) is 11.0. The van der Waals surface area contributed by atoms with Crippen molar-refractivity contribution < 1.29 is 18.3 Å². The maximum atomic E-state index is 12.4. The molecular weight excluding hydrogens is 286 g/mol. The number of hydrogen-bond donors (Lipinski definition) is 1. The molecule has 0 aliphatic rings. The van der Waals surface area contributed by atoms with E-state index in [4.69, 9.17) is 18.0 Å². The molecule has 20 heavy (non-hydrogen) atoms. The van der Waals surface area contributed by atoms with E-state index in [1.807, 2.05) is 6.92 Å². The van der Waals surface area contributed by atoms with Crippen LogP contribution in [-0.4, -0.2) is 35.5 Å². The summed E-state index contributed by atoms with van der Waals surface area (Å²) in [5.74, 6) is -0.590. The largest absolute Gasteiger partial charge is 0.434 e. The second-order valence-electron chi connectivity index (χ2n) is 4.07. The summed E-state index contributed by atoms with van der Waals surface area (Å²) in [7, 11) is 0. The molecule has 0 heterocycles. The third kappa shape index (κ3) is 4.73. The van der Waals surface area contributed by atoms with E-state index in [0.29, 0.717) is 13.0 Å². The highest BCUT2D eigenvalue weighted by Crippen LogP contribution is 2.22. The highest BCUT2D eigenvalue weighted by atomic mass is 32.1. The highest BCUT2D eigenvalue weighted by molar-refractivity contribution is 7.80. The minimum absolute atomic E-state index is 0.0671.